The van der Waals surface area contributed by atoms with Crippen molar-refractivity contribution in [1.29, 1.82) is 0 Å². The predicted molar refractivity (Wildman–Crippen MR) is 84.4 cm³/mol. The molecule has 1 unspecified atom stereocenters. The van der Waals surface area contributed by atoms with Crippen LogP contribution >= 0.6 is 0 Å². The van der Waals surface area contributed by atoms with Crippen LogP contribution in [0.5, 0.6) is 0 Å². The van der Waals surface area contributed by atoms with Crippen LogP contribution in [0.2, 0.25) is 0 Å². The van der Waals surface area contributed by atoms with Gasteiger partial charge < -0.3 is 9.42 Å². The molecule has 0 radical (unpaired) electrons. The Morgan fingerprint density at radius 3 is 2.77 bits per heavy atom. The van der Waals surface area contributed by atoms with Gasteiger partial charge in [0.05, 0.1) is 12.3 Å². The molecular weight excluding hydrogens is 304 g/mol. The van der Waals surface area contributed by atoms with E-state index in [1.165, 1.54) is 6.26 Å². The van der Waals surface area contributed by atoms with Crippen LogP contribution in [0, 0.1) is 0 Å². The van der Waals surface area contributed by atoms with Gasteiger partial charge in [0.2, 0.25) is 5.89 Å². The molecule has 1 aliphatic rings. The van der Waals surface area contributed by atoms with Crippen LogP contribution in [-0.2, 0) is 16.4 Å². The average Bonchev–Trinajstić information content (AvgIpc) is 3.04. The molecule has 0 aliphatic carbocycles. The fourth-order valence-corrected chi connectivity index (χ4v) is 3.18. The number of nitrogens with zero attached hydrogens (tertiary/aromatic N) is 4. The number of likely N-dealkylation sites (tertiary alicyclic amines) is 1. The quantitative estimate of drug-likeness (QED) is 0.729. The number of aromatic nitrogens is 2. The van der Waals surface area contributed by atoms with Gasteiger partial charge in [-0.15, -0.1) is 0 Å². The first-order valence-electron chi connectivity index (χ1n) is 7.67. The van der Waals surface area contributed by atoms with Crippen LogP contribution < -0.4 is 0 Å². The number of likely N-dealkylation sites (N-methyl/N-ethyl adjacent to an activating group) is 1. The molecule has 0 bridgehead atoms. The summed E-state index contributed by atoms with van der Waals surface area (Å²) in [6, 6.07) is 0.403. The Balaban J connectivity index is 1.82. The van der Waals surface area contributed by atoms with E-state index >= 15 is 0 Å². The van der Waals surface area contributed by atoms with Gasteiger partial charge in [-0.2, -0.15) is 4.98 Å². The molecule has 0 aromatic carbocycles. The van der Waals surface area contributed by atoms with Crippen molar-refractivity contribution in [3.05, 3.63) is 11.7 Å². The van der Waals surface area contributed by atoms with Gasteiger partial charge >= 0.3 is 0 Å². The molecule has 126 valence electrons. The summed E-state index contributed by atoms with van der Waals surface area (Å²) in [6.45, 7) is 7.15. The summed E-state index contributed by atoms with van der Waals surface area (Å²) < 4.78 is 27.7. The first kappa shape index (κ1) is 17.4. The van der Waals surface area contributed by atoms with Gasteiger partial charge in [0.25, 0.3) is 0 Å². The van der Waals surface area contributed by atoms with E-state index in [4.69, 9.17) is 4.52 Å². The van der Waals surface area contributed by atoms with Crippen molar-refractivity contribution in [3.63, 3.8) is 0 Å². The molecule has 1 aliphatic heterocycles. The molecule has 22 heavy (non-hydrogen) atoms. The Bertz CT molecular complexity index is 585. The molecule has 1 fully saturated rings. The van der Waals surface area contributed by atoms with Crippen molar-refractivity contribution in [2.24, 2.45) is 0 Å². The van der Waals surface area contributed by atoms with Gasteiger partial charge in [-0.05, 0) is 20.0 Å². The maximum Gasteiger partial charge on any atom is 0.229 e. The van der Waals surface area contributed by atoms with E-state index in [0.717, 1.165) is 19.5 Å². The topological polar surface area (TPSA) is 79.5 Å². The standard InChI is InChI=1S/C14H26N4O3S/c1-11(2)14-15-13(16-21-14)10-17(3)12-5-6-18(9-12)7-8-22(4,19)20/h11-12H,5-10H2,1-4H3. The Hall–Kier alpha value is -0.990. The first-order valence-corrected chi connectivity index (χ1v) is 9.73. The lowest BCUT2D eigenvalue weighted by Gasteiger charge is -2.23. The lowest BCUT2D eigenvalue weighted by atomic mass is 10.2. The van der Waals surface area contributed by atoms with Gasteiger partial charge in [-0.1, -0.05) is 19.0 Å². The van der Waals surface area contributed by atoms with E-state index in [9.17, 15) is 8.42 Å². The van der Waals surface area contributed by atoms with Crippen molar-refractivity contribution in [2.45, 2.75) is 38.8 Å². The van der Waals surface area contributed by atoms with E-state index in [-0.39, 0.29) is 11.7 Å². The Labute approximate surface area is 132 Å². The SMILES string of the molecule is CC(C)c1nc(CN(C)C2CCN(CCS(C)(=O)=O)C2)no1. The zero-order valence-corrected chi connectivity index (χ0v) is 14.6. The minimum Gasteiger partial charge on any atom is -0.339 e. The second-order valence-electron chi connectivity index (χ2n) is 6.49. The molecule has 0 spiro atoms. The molecule has 1 saturated heterocycles. The van der Waals surface area contributed by atoms with Gasteiger partial charge in [0, 0.05) is 31.3 Å². The zero-order chi connectivity index (χ0) is 16.3. The smallest absolute Gasteiger partial charge is 0.229 e. The normalized spacial score (nSPS) is 20.4. The van der Waals surface area contributed by atoms with Crippen molar-refractivity contribution in [1.82, 2.24) is 19.9 Å². The van der Waals surface area contributed by atoms with Crippen molar-refractivity contribution < 1.29 is 12.9 Å². The molecular formula is C14H26N4O3S. The molecule has 7 nitrogen and oxygen atoms in total. The number of hydrogen-bond acceptors (Lipinski definition) is 7. The highest BCUT2D eigenvalue weighted by Gasteiger charge is 2.27. The van der Waals surface area contributed by atoms with Gasteiger partial charge in [0.15, 0.2) is 5.82 Å². The summed E-state index contributed by atoms with van der Waals surface area (Å²) in [5.41, 5.74) is 0. The monoisotopic (exact) mass is 330 g/mol. The summed E-state index contributed by atoms with van der Waals surface area (Å²) in [5.74, 6) is 1.85. The summed E-state index contributed by atoms with van der Waals surface area (Å²) in [7, 11) is -0.839. The van der Waals surface area contributed by atoms with Crippen LogP contribution in [0.1, 0.15) is 37.9 Å². The first-order chi connectivity index (χ1) is 10.2. The maximum atomic E-state index is 11.2. The minimum absolute atomic E-state index is 0.228. The van der Waals surface area contributed by atoms with Crippen molar-refractivity contribution in [3.8, 4) is 0 Å². The molecule has 2 heterocycles. The lowest BCUT2D eigenvalue weighted by Crippen LogP contribution is -2.35. The summed E-state index contributed by atoms with van der Waals surface area (Å²) in [6.07, 6.45) is 2.32. The van der Waals surface area contributed by atoms with Crippen molar-refractivity contribution >= 4 is 9.84 Å². The molecule has 0 N–H and O–H groups in total. The Morgan fingerprint density at radius 2 is 2.18 bits per heavy atom. The predicted octanol–water partition coefficient (Wildman–Crippen LogP) is 0.744. The second kappa shape index (κ2) is 7.06. The van der Waals surface area contributed by atoms with Crippen LogP contribution in [-0.4, -0.2) is 73.1 Å². The van der Waals surface area contributed by atoms with E-state index in [0.29, 0.717) is 30.8 Å². The third-order valence-corrected chi connectivity index (χ3v) is 4.94. The molecule has 1 aromatic heterocycles. The summed E-state index contributed by atoms with van der Waals surface area (Å²) >= 11 is 0. The summed E-state index contributed by atoms with van der Waals surface area (Å²) in [5, 5.41) is 4.02. The molecule has 1 atom stereocenters. The average molecular weight is 330 g/mol. The van der Waals surface area contributed by atoms with Crippen LogP contribution in [0.4, 0.5) is 0 Å². The highest BCUT2D eigenvalue weighted by molar-refractivity contribution is 7.90. The van der Waals surface area contributed by atoms with E-state index in [2.05, 4.69) is 27.0 Å². The van der Waals surface area contributed by atoms with Crippen molar-refractivity contribution in [2.75, 3.05) is 38.7 Å². The highest BCUT2D eigenvalue weighted by atomic mass is 32.2. The van der Waals surface area contributed by atoms with Crippen LogP contribution in [0.15, 0.2) is 4.52 Å². The molecule has 0 saturated carbocycles. The lowest BCUT2D eigenvalue weighted by molar-refractivity contribution is 0.220. The number of sulfone groups is 1. The Morgan fingerprint density at radius 1 is 1.45 bits per heavy atom. The third-order valence-electron chi connectivity index (χ3n) is 4.02. The molecule has 8 heteroatoms. The van der Waals surface area contributed by atoms with E-state index in [1.54, 1.807) is 0 Å². The number of rotatable bonds is 7. The third kappa shape index (κ3) is 5.03. The highest BCUT2D eigenvalue weighted by Crippen LogP contribution is 2.17. The molecule has 1 aromatic rings. The van der Waals surface area contributed by atoms with Gasteiger partial charge in [0.1, 0.15) is 9.84 Å². The Kier molecular flexibility index (Phi) is 5.57. The minimum atomic E-state index is -2.89. The molecule has 0 amide bonds. The van der Waals surface area contributed by atoms with E-state index < -0.39 is 9.84 Å². The zero-order valence-electron chi connectivity index (χ0n) is 13.8. The largest absolute Gasteiger partial charge is 0.339 e. The molecule has 2 rings (SSSR count). The summed E-state index contributed by atoms with van der Waals surface area (Å²) in [4.78, 5) is 8.82. The maximum absolute atomic E-state index is 11.2. The fraction of sp³-hybridized carbons (Fsp3) is 0.857. The van der Waals surface area contributed by atoms with Crippen LogP contribution in [0.25, 0.3) is 0 Å². The van der Waals surface area contributed by atoms with Gasteiger partial charge in [-0.3, -0.25) is 4.90 Å². The fourth-order valence-electron chi connectivity index (χ4n) is 2.59. The van der Waals surface area contributed by atoms with Gasteiger partial charge in [-0.25, -0.2) is 8.42 Å². The number of hydrogen-bond donors (Lipinski definition) is 0. The second-order valence-corrected chi connectivity index (χ2v) is 8.75. The van der Waals surface area contributed by atoms with Crippen LogP contribution in [0.3, 0.4) is 0 Å². The van der Waals surface area contributed by atoms with E-state index in [1.807, 2.05) is 13.8 Å².